The van der Waals surface area contributed by atoms with Crippen LogP contribution < -0.4 is 5.73 Å². The second-order valence-electron chi connectivity index (χ2n) is 10.3. The SMILES string of the molecule is COC[C@H]1CC[C@H]2[C@@H]3CCC4=CC(=O)CCC4=C3[C@@H](c3ccccc3C(N)=O)C[C@]12C. The van der Waals surface area contributed by atoms with Gasteiger partial charge in [0.1, 0.15) is 0 Å². The smallest absolute Gasteiger partial charge is 0.248 e. The number of ether oxygens (including phenoxy) is 1. The molecule has 0 spiro atoms. The van der Waals surface area contributed by atoms with Crippen molar-refractivity contribution in [3.63, 3.8) is 0 Å². The Balaban J connectivity index is 1.70. The van der Waals surface area contributed by atoms with Gasteiger partial charge in [-0.1, -0.05) is 30.7 Å². The zero-order valence-electron chi connectivity index (χ0n) is 18.7. The van der Waals surface area contributed by atoms with Gasteiger partial charge in [-0.2, -0.15) is 0 Å². The van der Waals surface area contributed by atoms with E-state index >= 15 is 0 Å². The average Bonchev–Trinajstić information content (AvgIpc) is 3.09. The number of allylic oxidation sites excluding steroid dienone is 4. The molecule has 164 valence electrons. The molecule has 4 aliphatic rings. The topological polar surface area (TPSA) is 69.4 Å². The molecule has 1 aromatic rings. The van der Waals surface area contributed by atoms with Gasteiger partial charge in [-0.3, -0.25) is 9.59 Å². The van der Waals surface area contributed by atoms with Crippen molar-refractivity contribution in [2.45, 2.75) is 57.8 Å². The predicted molar refractivity (Wildman–Crippen MR) is 121 cm³/mol. The van der Waals surface area contributed by atoms with Crippen molar-refractivity contribution in [3.05, 3.63) is 58.2 Å². The first-order valence-electron chi connectivity index (χ1n) is 11.8. The lowest BCUT2D eigenvalue weighted by Crippen LogP contribution is -2.44. The monoisotopic (exact) mass is 419 g/mol. The number of nitrogens with two attached hydrogens (primary N) is 1. The molecule has 0 unspecified atom stereocenters. The molecule has 1 amide bonds. The van der Waals surface area contributed by atoms with Gasteiger partial charge in [0.2, 0.25) is 5.91 Å². The van der Waals surface area contributed by atoms with Crippen molar-refractivity contribution in [2.75, 3.05) is 13.7 Å². The summed E-state index contributed by atoms with van der Waals surface area (Å²) < 4.78 is 5.64. The van der Waals surface area contributed by atoms with Gasteiger partial charge in [0.15, 0.2) is 5.78 Å². The minimum absolute atomic E-state index is 0.180. The molecule has 2 fully saturated rings. The molecule has 5 rings (SSSR count). The Morgan fingerprint density at radius 3 is 2.74 bits per heavy atom. The summed E-state index contributed by atoms with van der Waals surface area (Å²) in [4.78, 5) is 24.5. The van der Waals surface area contributed by atoms with Crippen LogP contribution in [0.15, 0.2) is 47.1 Å². The van der Waals surface area contributed by atoms with Crippen molar-refractivity contribution in [2.24, 2.45) is 28.9 Å². The number of ketones is 1. The van der Waals surface area contributed by atoms with Crippen LogP contribution in [0.25, 0.3) is 0 Å². The number of fused-ring (bicyclic) bond motifs is 4. The summed E-state index contributed by atoms with van der Waals surface area (Å²) in [5, 5.41) is 0. The van der Waals surface area contributed by atoms with Crippen LogP contribution in [-0.4, -0.2) is 25.4 Å². The third kappa shape index (κ3) is 3.22. The highest BCUT2D eigenvalue weighted by Crippen LogP contribution is 2.65. The summed E-state index contributed by atoms with van der Waals surface area (Å²) >= 11 is 0. The Morgan fingerprint density at radius 1 is 1.16 bits per heavy atom. The van der Waals surface area contributed by atoms with Gasteiger partial charge < -0.3 is 10.5 Å². The molecule has 0 saturated heterocycles. The van der Waals surface area contributed by atoms with Gasteiger partial charge in [0, 0.05) is 31.6 Å². The maximum atomic E-state index is 12.4. The fourth-order valence-corrected chi connectivity index (χ4v) is 7.54. The van der Waals surface area contributed by atoms with Gasteiger partial charge in [0.25, 0.3) is 0 Å². The summed E-state index contributed by atoms with van der Waals surface area (Å²) in [6, 6.07) is 7.91. The molecule has 0 radical (unpaired) electrons. The van der Waals surface area contributed by atoms with Crippen molar-refractivity contribution in [1.29, 1.82) is 0 Å². The summed E-state index contributed by atoms with van der Waals surface area (Å²) in [5.74, 6) is 1.79. The normalized spacial score (nSPS) is 34.6. The highest BCUT2D eigenvalue weighted by atomic mass is 16.5. The van der Waals surface area contributed by atoms with E-state index in [0.717, 1.165) is 37.9 Å². The zero-order chi connectivity index (χ0) is 21.8. The highest BCUT2D eigenvalue weighted by Gasteiger charge is 2.56. The number of hydrogen-bond donors (Lipinski definition) is 1. The lowest BCUT2D eigenvalue weighted by Gasteiger charge is -2.53. The van der Waals surface area contributed by atoms with E-state index in [9.17, 15) is 9.59 Å². The number of rotatable bonds is 4. The Morgan fingerprint density at radius 2 is 1.97 bits per heavy atom. The number of carbonyl (C=O) groups excluding carboxylic acids is 2. The van der Waals surface area contributed by atoms with E-state index in [4.69, 9.17) is 10.5 Å². The number of benzene rings is 1. The molecule has 5 atom stereocenters. The summed E-state index contributed by atoms with van der Waals surface area (Å²) in [6.45, 7) is 3.26. The first-order chi connectivity index (χ1) is 14.9. The molecule has 0 aromatic heterocycles. The van der Waals surface area contributed by atoms with Gasteiger partial charge in [0.05, 0.1) is 0 Å². The van der Waals surface area contributed by atoms with E-state index in [1.54, 1.807) is 0 Å². The lowest BCUT2D eigenvalue weighted by atomic mass is 9.52. The summed E-state index contributed by atoms with van der Waals surface area (Å²) in [5.41, 5.74) is 11.9. The maximum Gasteiger partial charge on any atom is 0.248 e. The number of hydrogen-bond acceptors (Lipinski definition) is 3. The first kappa shape index (κ1) is 20.7. The predicted octanol–water partition coefficient (Wildman–Crippen LogP) is 4.95. The quantitative estimate of drug-likeness (QED) is 0.751. The van der Waals surface area contributed by atoms with Crippen LogP contribution in [0.2, 0.25) is 0 Å². The Kier molecular flexibility index (Phi) is 5.16. The third-order valence-corrected chi connectivity index (χ3v) is 8.90. The fourth-order valence-electron chi connectivity index (χ4n) is 7.54. The molecular formula is C27H33NO3. The van der Waals surface area contributed by atoms with Crippen molar-refractivity contribution < 1.29 is 14.3 Å². The van der Waals surface area contributed by atoms with E-state index < -0.39 is 0 Å². The van der Waals surface area contributed by atoms with Gasteiger partial charge >= 0.3 is 0 Å². The van der Waals surface area contributed by atoms with Crippen LogP contribution in [0.1, 0.15) is 73.7 Å². The number of carbonyl (C=O) groups is 2. The van der Waals surface area contributed by atoms with E-state index in [-0.39, 0.29) is 23.0 Å². The van der Waals surface area contributed by atoms with E-state index in [0.29, 0.717) is 29.7 Å². The minimum atomic E-state index is -0.352. The molecule has 0 heterocycles. The molecule has 2 N–H and O–H groups in total. The maximum absolute atomic E-state index is 12.4. The van der Waals surface area contributed by atoms with Crippen LogP contribution in [0.5, 0.6) is 0 Å². The zero-order valence-corrected chi connectivity index (χ0v) is 18.7. The van der Waals surface area contributed by atoms with E-state index in [1.165, 1.54) is 29.6 Å². The van der Waals surface area contributed by atoms with Crippen LogP contribution in [0.4, 0.5) is 0 Å². The molecule has 2 saturated carbocycles. The second kappa shape index (κ2) is 7.74. The fraction of sp³-hybridized carbons (Fsp3) is 0.556. The van der Waals surface area contributed by atoms with E-state index in [1.807, 2.05) is 31.4 Å². The molecule has 0 bridgehead atoms. The Bertz CT molecular complexity index is 990. The molecular weight excluding hydrogens is 386 g/mol. The second-order valence-corrected chi connectivity index (χ2v) is 10.3. The van der Waals surface area contributed by atoms with Crippen LogP contribution in [0, 0.1) is 23.2 Å². The molecule has 1 aromatic carbocycles. The third-order valence-electron chi connectivity index (χ3n) is 8.90. The standard InChI is InChI=1S/C27H33NO3/c1-27-14-23(20-5-3-4-6-21(20)26(28)30)25-19-11-9-18(29)13-16(19)7-10-22(25)24(27)12-8-17(27)15-31-2/h3-6,13,17,22-24H,7-12,14-15H2,1-2H3,(H2,28,30)/t17-,22+,23-,24+,27-/m1/s1. The minimum Gasteiger partial charge on any atom is -0.384 e. The number of primary amides is 1. The Labute approximate surface area is 184 Å². The largest absolute Gasteiger partial charge is 0.384 e. The van der Waals surface area contributed by atoms with Gasteiger partial charge in [-0.15, -0.1) is 0 Å². The van der Waals surface area contributed by atoms with Crippen molar-refractivity contribution in [1.82, 2.24) is 0 Å². The number of amides is 1. The molecule has 4 aliphatic carbocycles. The Hall–Kier alpha value is -2.20. The lowest BCUT2D eigenvalue weighted by molar-refractivity contribution is -0.114. The molecule has 4 heteroatoms. The van der Waals surface area contributed by atoms with Crippen molar-refractivity contribution >= 4 is 11.7 Å². The van der Waals surface area contributed by atoms with Gasteiger partial charge in [-0.25, -0.2) is 0 Å². The molecule has 0 aliphatic heterocycles. The molecule has 4 nitrogen and oxygen atoms in total. The summed E-state index contributed by atoms with van der Waals surface area (Å²) in [7, 11) is 1.81. The average molecular weight is 420 g/mol. The first-order valence-corrected chi connectivity index (χ1v) is 11.8. The van der Waals surface area contributed by atoms with E-state index in [2.05, 4.69) is 13.0 Å². The van der Waals surface area contributed by atoms with Gasteiger partial charge in [-0.05, 0) is 90.5 Å². The molecule has 31 heavy (non-hydrogen) atoms. The van der Waals surface area contributed by atoms with Crippen LogP contribution in [-0.2, 0) is 9.53 Å². The van der Waals surface area contributed by atoms with Crippen LogP contribution in [0.3, 0.4) is 0 Å². The summed E-state index contributed by atoms with van der Waals surface area (Å²) in [6.07, 6.45) is 8.92. The van der Waals surface area contributed by atoms with Crippen LogP contribution >= 0.6 is 0 Å². The number of methoxy groups -OCH3 is 1. The van der Waals surface area contributed by atoms with Crippen molar-refractivity contribution in [3.8, 4) is 0 Å². The highest BCUT2D eigenvalue weighted by molar-refractivity contribution is 5.95.